The molecule has 0 fully saturated rings. The molecule has 0 aliphatic carbocycles. The maximum Gasteiger partial charge on any atom is -0.0184 e. The van der Waals surface area contributed by atoms with Crippen LogP contribution in [0.1, 0.15) is 115 Å². The molecule has 0 radical (unpaired) electrons. The van der Waals surface area contributed by atoms with Crippen molar-refractivity contribution >= 4 is 0 Å². The van der Waals surface area contributed by atoms with Crippen molar-refractivity contribution in [1.29, 1.82) is 0 Å². The highest BCUT2D eigenvalue weighted by atomic mass is 14.1. The van der Waals surface area contributed by atoms with Gasteiger partial charge in [0.15, 0.2) is 0 Å². The van der Waals surface area contributed by atoms with Gasteiger partial charge in [-0.05, 0) is 53.9 Å². The van der Waals surface area contributed by atoms with Crippen molar-refractivity contribution in [3.05, 3.63) is 59.7 Å². The van der Waals surface area contributed by atoms with E-state index in [-0.39, 0.29) is 0 Å². The second kappa shape index (κ2) is 16.1. The largest absolute Gasteiger partial charge is 0.0654 e. The van der Waals surface area contributed by atoms with E-state index in [2.05, 4.69) is 69.3 Å². The van der Waals surface area contributed by atoms with Crippen molar-refractivity contribution in [2.45, 2.75) is 117 Å². The van der Waals surface area contributed by atoms with Gasteiger partial charge in [0.05, 0.1) is 0 Å². The smallest absolute Gasteiger partial charge is 0.0184 e. The molecular weight excluding hydrogens is 372 g/mol. The Morgan fingerprint density at radius 2 is 0.935 bits per heavy atom. The number of hydrogen-bond acceptors (Lipinski definition) is 0. The van der Waals surface area contributed by atoms with Crippen LogP contribution in [0.3, 0.4) is 0 Å². The number of unbranched alkanes of at least 4 members (excludes halogenated alkanes) is 9. The van der Waals surface area contributed by atoms with Crippen LogP contribution in [-0.4, -0.2) is 0 Å². The van der Waals surface area contributed by atoms with Gasteiger partial charge in [-0.2, -0.15) is 0 Å². The minimum absolute atomic E-state index is 0.894. The zero-order chi connectivity index (χ0) is 22.2. The molecule has 0 saturated carbocycles. The molecule has 0 heteroatoms. The van der Waals surface area contributed by atoms with Crippen LogP contribution in [0.15, 0.2) is 48.5 Å². The number of benzene rings is 2. The predicted octanol–water partition coefficient (Wildman–Crippen LogP) is 10.2. The molecule has 0 N–H and O–H groups in total. The molecule has 172 valence electrons. The molecule has 0 aliphatic rings. The second-order valence-electron chi connectivity index (χ2n) is 9.73. The lowest BCUT2D eigenvalue weighted by Crippen LogP contribution is -1.92. The Balaban J connectivity index is 1.65. The summed E-state index contributed by atoms with van der Waals surface area (Å²) in [5, 5.41) is 0. The van der Waals surface area contributed by atoms with Crippen LogP contribution in [-0.2, 0) is 12.8 Å². The summed E-state index contributed by atoms with van der Waals surface area (Å²) in [6.45, 7) is 6.97. The highest BCUT2D eigenvalue weighted by molar-refractivity contribution is 5.63. The molecule has 0 nitrogen and oxygen atoms in total. The quantitative estimate of drug-likeness (QED) is 0.223. The summed E-state index contributed by atoms with van der Waals surface area (Å²) in [4.78, 5) is 0. The summed E-state index contributed by atoms with van der Waals surface area (Å²) < 4.78 is 0. The van der Waals surface area contributed by atoms with E-state index in [0.717, 1.165) is 5.92 Å². The van der Waals surface area contributed by atoms with Gasteiger partial charge in [0.25, 0.3) is 0 Å². The molecule has 0 amide bonds. The third-order valence-corrected chi connectivity index (χ3v) is 6.92. The Hall–Kier alpha value is -1.56. The Labute approximate surface area is 193 Å². The molecular formula is C31H48. The van der Waals surface area contributed by atoms with Gasteiger partial charge in [0, 0.05) is 0 Å². The van der Waals surface area contributed by atoms with E-state index < -0.39 is 0 Å². The molecule has 2 aromatic rings. The van der Waals surface area contributed by atoms with Crippen LogP contribution in [0.2, 0.25) is 0 Å². The van der Waals surface area contributed by atoms with Crippen molar-refractivity contribution in [3.8, 4) is 11.1 Å². The van der Waals surface area contributed by atoms with E-state index in [4.69, 9.17) is 0 Å². The first-order valence-corrected chi connectivity index (χ1v) is 13.4. The average molecular weight is 421 g/mol. The maximum atomic E-state index is 2.38. The summed E-state index contributed by atoms with van der Waals surface area (Å²) in [7, 11) is 0. The zero-order valence-electron chi connectivity index (χ0n) is 20.8. The van der Waals surface area contributed by atoms with E-state index in [1.54, 1.807) is 0 Å². The van der Waals surface area contributed by atoms with Gasteiger partial charge in [-0.1, -0.05) is 140 Å². The SMILES string of the molecule is CCCCCCCCCCc1ccc(-c2ccc(CCCCCC(C)CC)cc2)cc1. The van der Waals surface area contributed by atoms with Gasteiger partial charge < -0.3 is 0 Å². The summed E-state index contributed by atoms with van der Waals surface area (Å²) in [6, 6.07) is 18.6. The fourth-order valence-electron chi connectivity index (χ4n) is 4.39. The highest BCUT2D eigenvalue weighted by Gasteiger charge is 2.02. The molecule has 0 bridgehead atoms. The van der Waals surface area contributed by atoms with Crippen LogP contribution in [0, 0.1) is 5.92 Å². The third-order valence-electron chi connectivity index (χ3n) is 6.92. The van der Waals surface area contributed by atoms with Crippen molar-refractivity contribution < 1.29 is 0 Å². The fraction of sp³-hybridized carbons (Fsp3) is 0.613. The highest BCUT2D eigenvalue weighted by Crippen LogP contribution is 2.22. The summed E-state index contributed by atoms with van der Waals surface area (Å²) >= 11 is 0. The van der Waals surface area contributed by atoms with E-state index >= 15 is 0 Å². The second-order valence-corrected chi connectivity index (χ2v) is 9.73. The topological polar surface area (TPSA) is 0 Å². The Bertz CT molecular complexity index is 664. The minimum Gasteiger partial charge on any atom is -0.0654 e. The van der Waals surface area contributed by atoms with Gasteiger partial charge in [-0.25, -0.2) is 0 Å². The monoisotopic (exact) mass is 420 g/mol. The number of hydrogen-bond donors (Lipinski definition) is 0. The van der Waals surface area contributed by atoms with Crippen molar-refractivity contribution in [2.24, 2.45) is 5.92 Å². The number of rotatable bonds is 17. The Morgan fingerprint density at radius 3 is 1.39 bits per heavy atom. The molecule has 1 atom stereocenters. The average Bonchev–Trinajstić information content (AvgIpc) is 2.81. The minimum atomic E-state index is 0.894. The van der Waals surface area contributed by atoms with Gasteiger partial charge in [-0.3, -0.25) is 0 Å². The molecule has 0 heterocycles. The standard InChI is InChI=1S/C31H48/c1-4-6-7-8-9-10-11-14-17-28-19-23-30(24-20-28)31-25-21-29(22-26-31)18-15-12-13-16-27(3)5-2/h19-27H,4-18H2,1-3H3. The van der Waals surface area contributed by atoms with Gasteiger partial charge in [0.2, 0.25) is 0 Å². The first-order valence-electron chi connectivity index (χ1n) is 13.4. The van der Waals surface area contributed by atoms with Crippen molar-refractivity contribution in [1.82, 2.24) is 0 Å². The van der Waals surface area contributed by atoms with Crippen molar-refractivity contribution in [3.63, 3.8) is 0 Å². The normalized spacial score (nSPS) is 12.2. The van der Waals surface area contributed by atoms with Gasteiger partial charge in [-0.15, -0.1) is 0 Å². The molecule has 0 spiro atoms. The molecule has 2 aromatic carbocycles. The van der Waals surface area contributed by atoms with E-state index in [1.807, 2.05) is 0 Å². The lowest BCUT2D eigenvalue weighted by Gasteiger charge is -2.08. The lowest BCUT2D eigenvalue weighted by molar-refractivity contribution is 0.478. The molecule has 0 aliphatic heterocycles. The number of aryl methyl sites for hydroxylation is 2. The van der Waals surface area contributed by atoms with Crippen molar-refractivity contribution in [2.75, 3.05) is 0 Å². The third kappa shape index (κ3) is 11.0. The van der Waals surface area contributed by atoms with Gasteiger partial charge >= 0.3 is 0 Å². The molecule has 0 saturated heterocycles. The summed E-state index contributed by atoms with van der Waals surface area (Å²) in [5.74, 6) is 0.894. The first-order chi connectivity index (χ1) is 15.2. The first kappa shape index (κ1) is 25.7. The van der Waals surface area contributed by atoms with Gasteiger partial charge in [0.1, 0.15) is 0 Å². The molecule has 1 unspecified atom stereocenters. The Kier molecular flexibility index (Phi) is 13.4. The predicted molar refractivity (Wildman–Crippen MR) is 140 cm³/mol. The lowest BCUT2D eigenvalue weighted by atomic mass is 9.97. The fourth-order valence-corrected chi connectivity index (χ4v) is 4.39. The summed E-state index contributed by atoms with van der Waals surface area (Å²) in [5.41, 5.74) is 5.67. The van der Waals surface area contributed by atoms with Crippen LogP contribution < -0.4 is 0 Å². The zero-order valence-corrected chi connectivity index (χ0v) is 20.8. The molecule has 0 aromatic heterocycles. The van der Waals surface area contributed by atoms with E-state index in [0.29, 0.717) is 0 Å². The maximum absolute atomic E-state index is 2.38. The van der Waals surface area contributed by atoms with E-state index in [1.165, 1.54) is 119 Å². The van der Waals surface area contributed by atoms with Crippen LogP contribution in [0.5, 0.6) is 0 Å². The summed E-state index contributed by atoms with van der Waals surface area (Å²) in [6.07, 6.45) is 20.4. The Morgan fingerprint density at radius 1 is 0.516 bits per heavy atom. The van der Waals surface area contributed by atoms with Crippen LogP contribution >= 0.6 is 0 Å². The van der Waals surface area contributed by atoms with Crippen LogP contribution in [0.25, 0.3) is 11.1 Å². The van der Waals surface area contributed by atoms with Crippen LogP contribution in [0.4, 0.5) is 0 Å². The molecule has 31 heavy (non-hydrogen) atoms. The van der Waals surface area contributed by atoms with E-state index in [9.17, 15) is 0 Å². The molecule has 2 rings (SSSR count).